The molecule has 2 fully saturated rings. The summed E-state index contributed by atoms with van der Waals surface area (Å²) in [7, 11) is -0.339. The number of carbonyl (C=O) groups excluding carboxylic acids is 1. The Bertz CT molecular complexity index is 1540. The van der Waals surface area contributed by atoms with Gasteiger partial charge < -0.3 is 15.1 Å². The van der Waals surface area contributed by atoms with Gasteiger partial charge in [-0.15, -0.1) is 0 Å². The maximum atomic E-state index is 13.9. The highest BCUT2D eigenvalue weighted by atomic mass is 35.5. The fourth-order valence-corrected chi connectivity index (χ4v) is 7.52. The summed E-state index contributed by atoms with van der Waals surface area (Å²) in [5, 5.41) is 4.81. The highest BCUT2D eigenvalue weighted by molar-refractivity contribution is 7.73. The molecule has 1 saturated heterocycles. The summed E-state index contributed by atoms with van der Waals surface area (Å²) in [6.45, 7) is 4.82. The lowest BCUT2D eigenvalue weighted by atomic mass is 9.76. The van der Waals surface area contributed by atoms with E-state index in [1.807, 2.05) is 35.2 Å². The Hall–Kier alpha value is -2.72. The Kier molecular flexibility index (Phi) is 8.66. The molecule has 5 rings (SSSR count). The fraction of sp³-hybridized carbons (Fsp3) is 0.448. The van der Waals surface area contributed by atoms with Crippen molar-refractivity contribution in [3.8, 4) is 0 Å². The molecule has 40 heavy (non-hydrogen) atoms. The number of nitrogens with one attached hydrogen (secondary N) is 1. The lowest BCUT2D eigenvalue weighted by Gasteiger charge is -2.44. The SMILES string of the molecule is CC(C)N(C)[C@@H]1CC[C@H](N2CCC(Nc3ncnc4c(Cl)cc(Cl)cc34)C2=O)[C@H](C(c2ccccc2)=S(=O)=O)C1. The number of amides is 1. The van der Waals surface area contributed by atoms with Crippen LogP contribution >= 0.6 is 23.2 Å². The van der Waals surface area contributed by atoms with E-state index in [9.17, 15) is 13.2 Å². The number of anilines is 1. The van der Waals surface area contributed by atoms with Gasteiger partial charge >= 0.3 is 0 Å². The van der Waals surface area contributed by atoms with Gasteiger partial charge in [-0.3, -0.25) is 4.79 Å². The molecule has 212 valence electrons. The quantitative estimate of drug-likeness (QED) is 0.303. The summed E-state index contributed by atoms with van der Waals surface area (Å²) in [5.74, 6) is 0.112. The van der Waals surface area contributed by atoms with Gasteiger partial charge in [-0.1, -0.05) is 53.5 Å². The van der Waals surface area contributed by atoms with Crippen molar-refractivity contribution in [1.82, 2.24) is 19.8 Å². The Balaban J connectivity index is 1.45. The zero-order valence-electron chi connectivity index (χ0n) is 22.7. The second-order valence-electron chi connectivity index (χ2n) is 10.9. The van der Waals surface area contributed by atoms with Gasteiger partial charge in [0.15, 0.2) is 0 Å². The van der Waals surface area contributed by atoms with E-state index in [-0.39, 0.29) is 23.9 Å². The molecule has 1 amide bonds. The summed E-state index contributed by atoms with van der Waals surface area (Å²) in [4.78, 5) is 27.1. The molecule has 0 radical (unpaired) electrons. The van der Waals surface area contributed by atoms with Crippen LogP contribution in [-0.4, -0.2) is 76.7 Å². The van der Waals surface area contributed by atoms with Gasteiger partial charge in [0, 0.05) is 41.0 Å². The van der Waals surface area contributed by atoms with Gasteiger partial charge in [0.2, 0.25) is 16.2 Å². The lowest BCUT2D eigenvalue weighted by molar-refractivity contribution is -0.131. The maximum absolute atomic E-state index is 13.9. The second kappa shape index (κ2) is 12.0. The molecule has 2 heterocycles. The molecular formula is C29H33Cl2N5O3S. The van der Waals surface area contributed by atoms with E-state index >= 15 is 0 Å². The molecule has 0 bridgehead atoms. The third-order valence-corrected chi connectivity index (χ3v) is 9.76. The van der Waals surface area contributed by atoms with Crippen molar-refractivity contribution in [2.45, 2.75) is 63.7 Å². The van der Waals surface area contributed by atoms with Gasteiger partial charge in [-0.25, -0.2) is 9.97 Å². The van der Waals surface area contributed by atoms with Gasteiger partial charge in [-0.05, 0) is 64.3 Å². The summed E-state index contributed by atoms with van der Waals surface area (Å²) < 4.78 is 25.5. The molecular weight excluding hydrogens is 569 g/mol. The van der Waals surface area contributed by atoms with E-state index in [1.54, 1.807) is 12.1 Å². The highest BCUT2D eigenvalue weighted by Gasteiger charge is 2.45. The summed E-state index contributed by atoms with van der Waals surface area (Å²) in [5.41, 5.74) is 1.24. The third-order valence-electron chi connectivity index (χ3n) is 8.36. The third kappa shape index (κ3) is 5.70. The number of benzene rings is 2. The number of hydrogen-bond donors (Lipinski definition) is 1. The van der Waals surface area contributed by atoms with E-state index in [2.05, 4.69) is 41.1 Å². The Labute approximate surface area is 246 Å². The number of likely N-dealkylation sites (tertiary alicyclic amines) is 1. The van der Waals surface area contributed by atoms with Gasteiger partial charge in [-0.2, -0.15) is 8.42 Å². The number of fused-ring (bicyclic) bond motifs is 1. The molecule has 0 spiro atoms. The normalized spacial score (nSPS) is 23.3. The van der Waals surface area contributed by atoms with Crippen LogP contribution in [0.25, 0.3) is 10.9 Å². The monoisotopic (exact) mass is 601 g/mol. The van der Waals surface area contributed by atoms with Crippen molar-refractivity contribution in [3.05, 3.63) is 64.4 Å². The number of aromatic nitrogens is 2. The van der Waals surface area contributed by atoms with E-state index in [0.29, 0.717) is 62.6 Å². The first-order chi connectivity index (χ1) is 19.2. The zero-order valence-corrected chi connectivity index (χ0v) is 25.0. The molecule has 1 saturated carbocycles. The molecule has 2 aromatic carbocycles. The molecule has 2 aliphatic rings. The molecule has 8 nitrogen and oxygen atoms in total. The first kappa shape index (κ1) is 28.8. The van der Waals surface area contributed by atoms with Crippen molar-refractivity contribution < 1.29 is 13.2 Å². The highest BCUT2D eigenvalue weighted by Crippen LogP contribution is 2.37. The molecule has 1 N–H and O–H groups in total. The molecule has 4 atom stereocenters. The average Bonchev–Trinajstić information content (AvgIpc) is 3.28. The average molecular weight is 603 g/mol. The van der Waals surface area contributed by atoms with Crippen molar-refractivity contribution in [3.63, 3.8) is 0 Å². The van der Waals surface area contributed by atoms with Crippen LogP contribution < -0.4 is 5.32 Å². The largest absolute Gasteiger partial charge is 0.358 e. The van der Waals surface area contributed by atoms with Gasteiger partial charge in [0.1, 0.15) is 18.2 Å². The van der Waals surface area contributed by atoms with Crippen LogP contribution in [0.4, 0.5) is 5.82 Å². The number of halogens is 2. The first-order valence-electron chi connectivity index (χ1n) is 13.6. The number of rotatable bonds is 7. The molecule has 1 unspecified atom stereocenters. The molecule has 1 aliphatic carbocycles. The van der Waals surface area contributed by atoms with E-state index in [1.165, 1.54) is 6.33 Å². The van der Waals surface area contributed by atoms with Crippen LogP contribution in [0.5, 0.6) is 0 Å². The Morgan fingerprint density at radius 2 is 1.85 bits per heavy atom. The van der Waals surface area contributed by atoms with Crippen LogP contribution in [0.2, 0.25) is 10.0 Å². The van der Waals surface area contributed by atoms with Crippen LogP contribution in [-0.2, 0) is 15.1 Å². The minimum Gasteiger partial charge on any atom is -0.358 e. The van der Waals surface area contributed by atoms with E-state index in [0.717, 1.165) is 12.8 Å². The lowest BCUT2D eigenvalue weighted by Crippen LogP contribution is -2.53. The molecule has 11 heteroatoms. The second-order valence-corrected chi connectivity index (χ2v) is 12.6. The number of nitrogens with zero attached hydrogens (tertiary/aromatic N) is 4. The van der Waals surface area contributed by atoms with Crippen molar-refractivity contribution in [1.29, 1.82) is 0 Å². The summed E-state index contributed by atoms with van der Waals surface area (Å²) in [6.07, 6.45) is 4.25. The predicted molar refractivity (Wildman–Crippen MR) is 161 cm³/mol. The molecule has 3 aromatic rings. The minimum atomic E-state index is -2.43. The van der Waals surface area contributed by atoms with Crippen molar-refractivity contribution >= 4 is 61.0 Å². The van der Waals surface area contributed by atoms with Crippen LogP contribution in [0.3, 0.4) is 0 Å². The molecule has 1 aliphatic heterocycles. The smallest absolute Gasteiger partial charge is 0.245 e. The minimum absolute atomic E-state index is 0.0605. The maximum Gasteiger partial charge on any atom is 0.245 e. The topological polar surface area (TPSA) is 95.5 Å². The van der Waals surface area contributed by atoms with Gasteiger partial charge in [0.25, 0.3) is 0 Å². The van der Waals surface area contributed by atoms with Crippen LogP contribution in [0.1, 0.15) is 45.1 Å². The standard InChI is InChI=1S/C29H33Cl2N5O3S/c1-17(2)35(3)20-9-10-25(21(15-20)27(40(38)39)18-7-5-4-6-8-18)36-12-11-24(29(36)37)34-28-22-13-19(30)14-23(31)26(22)32-16-33-28/h4-8,13-14,16-17,20-21,24-25H,9-12,15H2,1-3H3,(H,32,33,34)/t20-,21-,24?,25+/m1/s1. The Morgan fingerprint density at radius 3 is 2.55 bits per heavy atom. The summed E-state index contributed by atoms with van der Waals surface area (Å²) >= 11 is 12.6. The summed E-state index contributed by atoms with van der Waals surface area (Å²) in [6, 6.07) is 12.4. The van der Waals surface area contributed by atoms with E-state index < -0.39 is 16.3 Å². The van der Waals surface area contributed by atoms with Gasteiger partial charge in [0.05, 0.1) is 15.4 Å². The van der Waals surface area contributed by atoms with Crippen LogP contribution in [0, 0.1) is 5.92 Å². The van der Waals surface area contributed by atoms with Crippen molar-refractivity contribution in [2.75, 3.05) is 18.9 Å². The zero-order chi connectivity index (χ0) is 28.6. The van der Waals surface area contributed by atoms with Crippen molar-refractivity contribution in [2.24, 2.45) is 5.92 Å². The molecule has 1 aromatic heterocycles. The first-order valence-corrected chi connectivity index (χ1v) is 15.4. The number of hydrogen-bond acceptors (Lipinski definition) is 7. The van der Waals surface area contributed by atoms with Crippen LogP contribution in [0.15, 0.2) is 48.8 Å². The van der Waals surface area contributed by atoms with E-state index in [4.69, 9.17) is 23.2 Å². The Morgan fingerprint density at radius 1 is 1.10 bits per heavy atom. The fourth-order valence-electron chi connectivity index (χ4n) is 6.15. The number of carbonyl (C=O) groups is 1. The predicted octanol–water partition coefficient (Wildman–Crippen LogP) is 4.93.